The molecule has 0 bridgehead atoms. The van der Waals surface area contributed by atoms with Crippen LogP contribution in [0.1, 0.15) is 39.7 Å². The van der Waals surface area contributed by atoms with Gasteiger partial charge in [-0.15, -0.1) is 0 Å². The Kier molecular flexibility index (Phi) is 4.07. The third-order valence-electron chi connectivity index (χ3n) is 4.56. The van der Waals surface area contributed by atoms with Gasteiger partial charge in [0.2, 0.25) is 0 Å². The number of carbonyl (C=O) groups excluding carboxylic acids is 1. The number of aromatic hydroxyl groups is 1. The molecule has 1 atom stereocenters. The number of rotatable bonds is 3. The first-order valence-electron chi connectivity index (χ1n) is 8.40. The van der Waals surface area contributed by atoms with E-state index in [4.69, 9.17) is 10.2 Å². The highest BCUT2D eigenvalue weighted by atomic mass is 19.1. The lowest BCUT2D eigenvalue weighted by atomic mass is 9.95. The van der Waals surface area contributed by atoms with Gasteiger partial charge in [0.25, 0.3) is 5.91 Å². The van der Waals surface area contributed by atoms with E-state index in [1.807, 2.05) is 0 Å². The molecule has 0 saturated heterocycles. The molecule has 1 aliphatic rings. The molecule has 0 spiro atoms. The van der Waals surface area contributed by atoms with Gasteiger partial charge in [0.05, 0.1) is 18.0 Å². The standard InChI is InChI=1S/C19H15FN4O4/c1-9-6-15(25)16(19(27)28-9)13-7-14(10-4-2-3-5-12(10)20)24-18(23-13)11(8-22-24)17(21)26/h2-6,8,14,25H,7H2,1H3,(H2,21,26)/t14-/m0/s1. The molecule has 1 amide bonds. The molecule has 0 unspecified atom stereocenters. The SMILES string of the molecule is Cc1cc(O)c(C2=Nc3c(C(N)=O)cnn3[C@H](c3ccccc3F)C2)c(=O)o1. The number of primary amides is 1. The molecule has 4 rings (SSSR count). The normalized spacial score (nSPS) is 15.8. The lowest BCUT2D eigenvalue weighted by Crippen LogP contribution is -2.26. The molecular weight excluding hydrogens is 367 g/mol. The molecule has 8 nitrogen and oxygen atoms in total. The van der Waals surface area contributed by atoms with Gasteiger partial charge < -0.3 is 15.3 Å². The number of hydrogen-bond donors (Lipinski definition) is 2. The summed E-state index contributed by atoms with van der Waals surface area (Å²) in [6, 6.07) is 6.69. The molecule has 0 aliphatic carbocycles. The molecule has 1 aliphatic heterocycles. The summed E-state index contributed by atoms with van der Waals surface area (Å²) in [5.74, 6) is -1.24. The van der Waals surface area contributed by atoms with Crippen LogP contribution in [0.25, 0.3) is 0 Å². The quantitative estimate of drug-likeness (QED) is 0.719. The Labute approximate surface area is 157 Å². The van der Waals surface area contributed by atoms with Crippen molar-refractivity contribution in [3.8, 4) is 5.75 Å². The third kappa shape index (κ3) is 2.77. The van der Waals surface area contributed by atoms with Crippen molar-refractivity contribution >= 4 is 17.4 Å². The molecule has 3 heterocycles. The summed E-state index contributed by atoms with van der Waals surface area (Å²) >= 11 is 0. The van der Waals surface area contributed by atoms with Crippen LogP contribution < -0.4 is 11.4 Å². The van der Waals surface area contributed by atoms with Crippen molar-refractivity contribution < 1.29 is 18.7 Å². The summed E-state index contributed by atoms with van der Waals surface area (Å²) < 4.78 is 20.9. The fourth-order valence-electron chi connectivity index (χ4n) is 3.32. The van der Waals surface area contributed by atoms with Gasteiger partial charge >= 0.3 is 5.63 Å². The number of hydrogen-bond acceptors (Lipinski definition) is 6. The maximum atomic E-state index is 14.5. The fraction of sp³-hybridized carbons (Fsp3) is 0.158. The van der Waals surface area contributed by atoms with E-state index in [2.05, 4.69) is 10.1 Å². The highest BCUT2D eigenvalue weighted by molar-refractivity contribution is 6.06. The van der Waals surface area contributed by atoms with Gasteiger partial charge in [0.15, 0.2) is 5.82 Å². The Morgan fingerprint density at radius 3 is 2.82 bits per heavy atom. The van der Waals surface area contributed by atoms with E-state index in [9.17, 15) is 19.1 Å². The Morgan fingerprint density at radius 1 is 1.39 bits per heavy atom. The van der Waals surface area contributed by atoms with Crippen LogP contribution in [0.5, 0.6) is 5.75 Å². The van der Waals surface area contributed by atoms with Crippen LogP contribution in [0.3, 0.4) is 0 Å². The first kappa shape index (κ1) is 17.7. The van der Waals surface area contributed by atoms with Crippen molar-refractivity contribution in [3.63, 3.8) is 0 Å². The number of carbonyl (C=O) groups is 1. The molecule has 1 aromatic carbocycles. The van der Waals surface area contributed by atoms with E-state index >= 15 is 0 Å². The predicted octanol–water partition coefficient (Wildman–Crippen LogP) is 2.20. The Morgan fingerprint density at radius 2 is 2.14 bits per heavy atom. The van der Waals surface area contributed by atoms with Crippen molar-refractivity contribution in [2.24, 2.45) is 10.7 Å². The lowest BCUT2D eigenvalue weighted by Gasteiger charge is -2.25. The van der Waals surface area contributed by atoms with E-state index in [0.29, 0.717) is 5.56 Å². The predicted molar refractivity (Wildman–Crippen MR) is 97.5 cm³/mol. The Bertz CT molecular complexity index is 1190. The summed E-state index contributed by atoms with van der Waals surface area (Å²) in [4.78, 5) is 28.4. The number of amides is 1. The number of benzene rings is 1. The van der Waals surface area contributed by atoms with Gasteiger partial charge in [-0.2, -0.15) is 5.10 Å². The Balaban J connectivity index is 1.96. The second-order valence-electron chi connectivity index (χ2n) is 6.40. The van der Waals surface area contributed by atoms with Crippen molar-refractivity contribution in [3.05, 3.63) is 75.2 Å². The zero-order chi connectivity index (χ0) is 20.0. The summed E-state index contributed by atoms with van der Waals surface area (Å²) in [5.41, 5.74) is 4.94. The monoisotopic (exact) mass is 382 g/mol. The lowest BCUT2D eigenvalue weighted by molar-refractivity contribution is 0.100. The second-order valence-corrected chi connectivity index (χ2v) is 6.40. The fourth-order valence-corrected chi connectivity index (χ4v) is 3.32. The highest BCUT2D eigenvalue weighted by Gasteiger charge is 2.32. The minimum absolute atomic E-state index is 0.0227. The van der Waals surface area contributed by atoms with Gasteiger partial charge in [-0.25, -0.2) is 18.9 Å². The number of fused-ring (bicyclic) bond motifs is 1. The minimum Gasteiger partial charge on any atom is -0.507 e. The van der Waals surface area contributed by atoms with Crippen LogP contribution in [0, 0.1) is 12.7 Å². The van der Waals surface area contributed by atoms with Crippen LogP contribution in [-0.2, 0) is 0 Å². The molecule has 28 heavy (non-hydrogen) atoms. The number of aliphatic imine (C=N–C) groups is 1. The average molecular weight is 382 g/mol. The second kappa shape index (κ2) is 6.45. The molecule has 0 saturated carbocycles. The number of aryl methyl sites for hydroxylation is 1. The minimum atomic E-state index is -0.780. The van der Waals surface area contributed by atoms with E-state index in [1.54, 1.807) is 18.2 Å². The molecule has 9 heteroatoms. The van der Waals surface area contributed by atoms with Crippen molar-refractivity contribution in [2.75, 3.05) is 0 Å². The zero-order valence-corrected chi connectivity index (χ0v) is 14.7. The van der Waals surface area contributed by atoms with E-state index < -0.39 is 23.4 Å². The van der Waals surface area contributed by atoms with Crippen LogP contribution in [0.2, 0.25) is 0 Å². The topological polar surface area (TPSA) is 124 Å². The summed E-state index contributed by atoms with van der Waals surface area (Å²) in [5, 5.41) is 14.4. The van der Waals surface area contributed by atoms with Gasteiger partial charge in [-0.1, -0.05) is 18.2 Å². The van der Waals surface area contributed by atoms with E-state index in [0.717, 1.165) is 0 Å². The van der Waals surface area contributed by atoms with Crippen LogP contribution >= 0.6 is 0 Å². The van der Waals surface area contributed by atoms with E-state index in [-0.39, 0.29) is 40.6 Å². The van der Waals surface area contributed by atoms with Gasteiger partial charge in [-0.05, 0) is 13.0 Å². The summed E-state index contributed by atoms with van der Waals surface area (Å²) in [7, 11) is 0. The van der Waals surface area contributed by atoms with Crippen molar-refractivity contribution in [1.82, 2.24) is 9.78 Å². The molecule has 2 aromatic heterocycles. The van der Waals surface area contributed by atoms with Gasteiger partial charge in [0, 0.05) is 18.1 Å². The van der Waals surface area contributed by atoms with Crippen LogP contribution in [-0.4, -0.2) is 26.5 Å². The Hall–Kier alpha value is -3.75. The van der Waals surface area contributed by atoms with Gasteiger partial charge in [0.1, 0.15) is 28.5 Å². The molecule has 142 valence electrons. The number of nitrogens with two attached hydrogens (primary N) is 1. The number of halogens is 1. The third-order valence-corrected chi connectivity index (χ3v) is 4.56. The smallest absolute Gasteiger partial charge is 0.348 e. The van der Waals surface area contributed by atoms with E-state index in [1.165, 1.54) is 29.9 Å². The maximum Gasteiger partial charge on any atom is 0.348 e. The molecule has 0 radical (unpaired) electrons. The molecule has 3 aromatic rings. The average Bonchev–Trinajstić information content (AvgIpc) is 3.05. The zero-order valence-electron chi connectivity index (χ0n) is 14.7. The largest absolute Gasteiger partial charge is 0.507 e. The molecule has 0 fully saturated rings. The van der Waals surface area contributed by atoms with Crippen molar-refractivity contribution in [1.29, 1.82) is 0 Å². The van der Waals surface area contributed by atoms with Crippen LogP contribution in [0.15, 0.2) is 50.7 Å². The van der Waals surface area contributed by atoms with Crippen LogP contribution in [0.4, 0.5) is 10.2 Å². The number of nitrogens with zero attached hydrogens (tertiary/aromatic N) is 3. The first-order chi connectivity index (χ1) is 13.4. The molecule has 3 N–H and O–H groups in total. The first-order valence-corrected chi connectivity index (χ1v) is 8.40. The maximum absolute atomic E-state index is 14.5. The summed E-state index contributed by atoms with van der Waals surface area (Å²) in [6.07, 6.45) is 1.30. The molecular formula is C19H15FN4O4. The van der Waals surface area contributed by atoms with Crippen molar-refractivity contribution in [2.45, 2.75) is 19.4 Å². The van der Waals surface area contributed by atoms with Gasteiger partial charge in [-0.3, -0.25) is 4.79 Å². The number of aromatic nitrogens is 2. The highest BCUT2D eigenvalue weighted by Crippen LogP contribution is 2.37. The summed E-state index contributed by atoms with van der Waals surface area (Å²) in [6.45, 7) is 1.52.